The summed E-state index contributed by atoms with van der Waals surface area (Å²) in [5, 5.41) is 1.03. The highest BCUT2D eigenvalue weighted by Crippen LogP contribution is 2.38. The molecule has 0 radical (unpaired) electrons. The molecule has 0 N–H and O–H groups in total. The topological polar surface area (TPSA) is 48.0 Å². The van der Waals surface area contributed by atoms with E-state index in [4.69, 9.17) is 4.84 Å². The summed E-state index contributed by atoms with van der Waals surface area (Å²) in [5.74, 6) is -2.70. The summed E-state index contributed by atoms with van der Waals surface area (Å²) in [6.07, 6.45) is -4.03. The Balaban J connectivity index is 2.25. The van der Waals surface area contributed by atoms with E-state index in [1.54, 1.807) is 0 Å². The van der Waals surface area contributed by atoms with Crippen LogP contribution in [0.4, 0.5) is 26.3 Å². The Bertz CT molecular complexity index is 550. The number of carbonyl (C=O) groups excluding carboxylic acids is 1. The standard InChI is InChI=1S/C15H17F6NO4/c1-24-22-11(23)3-2-4-12(22)5-7-13(8-6-12,25-9-14(16,17)18)26-10-15(19,20)21/h5-8H,2-4,9-10H2,1H3. The molecule has 1 spiro atoms. The van der Waals surface area contributed by atoms with E-state index < -0.39 is 36.9 Å². The molecule has 1 saturated heterocycles. The highest BCUT2D eigenvalue weighted by molar-refractivity contribution is 5.78. The third kappa shape index (κ3) is 4.98. The minimum absolute atomic E-state index is 0.220. The van der Waals surface area contributed by atoms with Crippen molar-refractivity contribution < 1.29 is 45.4 Å². The van der Waals surface area contributed by atoms with Gasteiger partial charge in [0.15, 0.2) is 0 Å². The second-order valence-corrected chi connectivity index (χ2v) is 5.91. The molecule has 1 fully saturated rings. The maximum atomic E-state index is 12.4. The van der Waals surface area contributed by atoms with Crippen LogP contribution in [0.3, 0.4) is 0 Å². The van der Waals surface area contributed by atoms with Crippen LogP contribution < -0.4 is 0 Å². The number of hydroxylamine groups is 2. The van der Waals surface area contributed by atoms with E-state index in [0.717, 1.165) is 17.2 Å². The van der Waals surface area contributed by atoms with Gasteiger partial charge in [-0.15, -0.1) is 0 Å². The van der Waals surface area contributed by atoms with Crippen molar-refractivity contribution in [2.75, 3.05) is 20.3 Å². The zero-order valence-electron chi connectivity index (χ0n) is 13.7. The minimum Gasteiger partial charge on any atom is -0.334 e. The van der Waals surface area contributed by atoms with Crippen LogP contribution >= 0.6 is 0 Å². The number of carbonyl (C=O) groups is 1. The lowest BCUT2D eigenvalue weighted by Gasteiger charge is -2.44. The fourth-order valence-corrected chi connectivity index (χ4v) is 2.79. The third-order valence-corrected chi connectivity index (χ3v) is 3.89. The van der Waals surface area contributed by atoms with Crippen molar-refractivity contribution in [1.82, 2.24) is 5.06 Å². The molecule has 11 heteroatoms. The smallest absolute Gasteiger partial charge is 0.334 e. The lowest BCUT2D eigenvalue weighted by molar-refractivity contribution is -0.275. The van der Waals surface area contributed by atoms with Crippen molar-refractivity contribution in [1.29, 1.82) is 0 Å². The first-order valence-corrected chi connectivity index (χ1v) is 7.60. The number of alkyl halides is 6. The SMILES string of the molecule is CON1C(=O)CCCC12C=CC(OCC(F)(F)F)(OCC(F)(F)F)C=C2. The number of ether oxygens (including phenoxy) is 2. The van der Waals surface area contributed by atoms with Gasteiger partial charge in [-0.1, -0.05) is 12.2 Å². The van der Waals surface area contributed by atoms with Crippen LogP contribution in [0.15, 0.2) is 24.3 Å². The van der Waals surface area contributed by atoms with Gasteiger partial charge in [-0.2, -0.15) is 26.3 Å². The molecular weight excluding hydrogens is 372 g/mol. The predicted octanol–water partition coefficient (Wildman–Crippen LogP) is 3.28. The second-order valence-electron chi connectivity index (χ2n) is 5.91. The molecule has 2 aliphatic rings. The fourth-order valence-electron chi connectivity index (χ4n) is 2.79. The molecular formula is C15H17F6NO4. The van der Waals surface area contributed by atoms with E-state index in [0.29, 0.717) is 12.8 Å². The molecule has 148 valence electrons. The van der Waals surface area contributed by atoms with Gasteiger partial charge in [0.1, 0.15) is 18.8 Å². The Kier molecular flexibility index (Phi) is 5.74. The molecule has 2 rings (SSSR count). The summed E-state index contributed by atoms with van der Waals surface area (Å²) in [4.78, 5) is 17.0. The molecule has 0 aromatic heterocycles. The van der Waals surface area contributed by atoms with Crippen LogP contribution in [0.5, 0.6) is 0 Å². The van der Waals surface area contributed by atoms with Gasteiger partial charge in [0.25, 0.3) is 0 Å². The quantitative estimate of drug-likeness (QED) is 0.411. The summed E-state index contributed by atoms with van der Waals surface area (Å²) in [6.45, 7) is -3.61. The number of amides is 1. The van der Waals surface area contributed by atoms with Crippen LogP contribution in [0, 0.1) is 0 Å². The van der Waals surface area contributed by atoms with Crippen molar-refractivity contribution in [3.63, 3.8) is 0 Å². The molecule has 0 unspecified atom stereocenters. The van der Waals surface area contributed by atoms with Gasteiger partial charge < -0.3 is 9.47 Å². The van der Waals surface area contributed by atoms with Gasteiger partial charge in [0.05, 0.1) is 7.11 Å². The molecule has 26 heavy (non-hydrogen) atoms. The Morgan fingerprint density at radius 2 is 1.50 bits per heavy atom. The number of hydrogen-bond donors (Lipinski definition) is 0. The fraction of sp³-hybridized carbons (Fsp3) is 0.667. The van der Waals surface area contributed by atoms with Gasteiger partial charge >= 0.3 is 12.4 Å². The number of piperidine rings is 1. The Morgan fingerprint density at radius 3 is 1.92 bits per heavy atom. The van der Waals surface area contributed by atoms with E-state index in [-0.39, 0.29) is 12.3 Å². The van der Waals surface area contributed by atoms with E-state index in [9.17, 15) is 31.1 Å². The highest BCUT2D eigenvalue weighted by Gasteiger charge is 2.46. The maximum absolute atomic E-state index is 12.4. The molecule has 0 aromatic carbocycles. The minimum atomic E-state index is -4.76. The third-order valence-electron chi connectivity index (χ3n) is 3.89. The zero-order chi connectivity index (χ0) is 19.6. The Morgan fingerprint density at radius 1 is 1.00 bits per heavy atom. The van der Waals surface area contributed by atoms with Crippen LogP contribution in [-0.2, 0) is 19.1 Å². The van der Waals surface area contributed by atoms with Gasteiger partial charge in [-0.05, 0) is 25.0 Å². The summed E-state index contributed by atoms with van der Waals surface area (Å²) in [7, 11) is 1.24. The van der Waals surface area contributed by atoms with Gasteiger partial charge in [-0.3, -0.25) is 9.63 Å². The number of halogens is 6. The number of nitrogens with zero attached hydrogens (tertiary/aromatic N) is 1. The monoisotopic (exact) mass is 389 g/mol. The van der Waals surface area contributed by atoms with E-state index in [2.05, 4.69) is 9.47 Å². The van der Waals surface area contributed by atoms with Crippen molar-refractivity contribution in [2.45, 2.75) is 42.9 Å². The Labute approximate surface area is 145 Å². The number of rotatable bonds is 5. The molecule has 1 heterocycles. The van der Waals surface area contributed by atoms with E-state index >= 15 is 0 Å². The van der Waals surface area contributed by atoms with Crippen LogP contribution in [-0.4, -0.2) is 55.0 Å². The van der Waals surface area contributed by atoms with Gasteiger partial charge in [0.2, 0.25) is 11.7 Å². The van der Waals surface area contributed by atoms with Crippen molar-refractivity contribution in [2.24, 2.45) is 0 Å². The lowest BCUT2D eigenvalue weighted by atomic mass is 9.83. The first-order chi connectivity index (χ1) is 11.9. The first kappa shape index (κ1) is 20.7. The normalized spacial score (nSPS) is 22.3. The van der Waals surface area contributed by atoms with E-state index in [1.165, 1.54) is 19.3 Å². The molecule has 1 amide bonds. The molecule has 5 nitrogen and oxygen atoms in total. The van der Waals surface area contributed by atoms with Gasteiger partial charge in [-0.25, -0.2) is 5.06 Å². The summed E-state index contributed by atoms with van der Waals surface area (Å²) < 4.78 is 83.9. The van der Waals surface area contributed by atoms with Gasteiger partial charge in [0, 0.05) is 6.42 Å². The summed E-state index contributed by atoms with van der Waals surface area (Å²) in [6, 6.07) is 0. The second kappa shape index (κ2) is 7.20. The van der Waals surface area contributed by atoms with Crippen LogP contribution in [0.2, 0.25) is 0 Å². The van der Waals surface area contributed by atoms with Crippen LogP contribution in [0.25, 0.3) is 0 Å². The molecule has 0 bridgehead atoms. The van der Waals surface area contributed by atoms with Crippen LogP contribution in [0.1, 0.15) is 19.3 Å². The Hall–Kier alpha value is -1.59. The summed E-state index contributed by atoms with van der Waals surface area (Å²) in [5.41, 5.74) is -1.11. The van der Waals surface area contributed by atoms with E-state index in [1.807, 2.05) is 0 Å². The maximum Gasteiger partial charge on any atom is 0.411 e. The zero-order valence-corrected chi connectivity index (χ0v) is 13.7. The largest absolute Gasteiger partial charge is 0.411 e. The highest BCUT2D eigenvalue weighted by atomic mass is 19.4. The number of hydrogen-bond acceptors (Lipinski definition) is 4. The predicted molar refractivity (Wildman–Crippen MR) is 75.5 cm³/mol. The average Bonchev–Trinajstić information content (AvgIpc) is 2.52. The molecule has 0 atom stereocenters. The summed E-state index contributed by atoms with van der Waals surface area (Å²) >= 11 is 0. The first-order valence-electron chi connectivity index (χ1n) is 7.60. The van der Waals surface area contributed by atoms with Crippen molar-refractivity contribution in [3.05, 3.63) is 24.3 Å². The lowest BCUT2D eigenvalue weighted by Crippen LogP contribution is -2.54. The molecule has 1 aliphatic carbocycles. The average molecular weight is 389 g/mol. The van der Waals surface area contributed by atoms with Crippen molar-refractivity contribution in [3.8, 4) is 0 Å². The molecule has 0 aromatic rings. The van der Waals surface area contributed by atoms with Crippen molar-refractivity contribution >= 4 is 5.91 Å². The molecule has 1 aliphatic heterocycles. The molecule has 0 saturated carbocycles.